The van der Waals surface area contributed by atoms with Crippen LogP contribution in [0.15, 0.2) is 12.1 Å². The van der Waals surface area contributed by atoms with Gasteiger partial charge < -0.3 is 24.2 Å². The highest BCUT2D eigenvalue weighted by Gasteiger charge is 2.44. The number of halogens is 1. The van der Waals surface area contributed by atoms with Crippen LogP contribution in [0.5, 0.6) is 11.5 Å². The predicted molar refractivity (Wildman–Crippen MR) is 84.7 cm³/mol. The largest absolute Gasteiger partial charge is 0.481 e. The molecule has 1 unspecified atom stereocenters. The summed E-state index contributed by atoms with van der Waals surface area (Å²) in [6.45, 7) is 0.713. The monoisotopic (exact) mass is 355 g/mol. The molecule has 3 rings (SSSR count). The fourth-order valence-corrected chi connectivity index (χ4v) is 3.47. The van der Waals surface area contributed by atoms with E-state index in [4.69, 9.17) is 25.8 Å². The molecule has 0 saturated carbocycles. The molecule has 0 aliphatic carbocycles. The van der Waals surface area contributed by atoms with E-state index in [9.17, 15) is 14.7 Å². The summed E-state index contributed by atoms with van der Waals surface area (Å²) in [6.07, 6.45) is 1.07. The lowest BCUT2D eigenvalue weighted by Crippen LogP contribution is -2.52. The Hall–Kier alpha value is -1.99. The summed E-state index contributed by atoms with van der Waals surface area (Å²) in [7, 11) is 1.46. The maximum atomic E-state index is 12.8. The number of amides is 1. The minimum absolute atomic E-state index is 0.0619. The van der Waals surface area contributed by atoms with Gasteiger partial charge in [0.25, 0.3) is 5.91 Å². The van der Waals surface area contributed by atoms with Crippen LogP contribution >= 0.6 is 11.6 Å². The van der Waals surface area contributed by atoms with Crippen LogP contribution in [0.25, 0.3) is 0 Å². The second-order valence-electron chi connectivity index (χ2n) is 6.04. The maximum Gasteiger partial charge on any atom is 0.313 e. The Morgan fingerprint density at radius 3 is 2.92 bits per heavy atom. The van der Waals surface area contributed by atoms with E-state index in [0.717, 1.165) is 0 Å². The minimum Gasteiger partial charge on any atom is -0.481 e. The molecule has 2 heterocycles. The fraction of sp³-hybridized carbons (Fsp3) is 0.500. The van der Waals surface area contributed by atoms with Crippen molar-refractivity contribution in [1.29, 1.82) is 0 Å². The zero-order chi connectivity index (χ0) is 17.3. The van der Waals surface area contributed by atoms with Crippen molar-refractivity contribution in [1.82, 2.24) is 4.90 Å². The maximum absolute atomic E-state index is 12.8. The van der Waals surface area contributed by atoms with Gasteiger partial charge in [-0.25, -0.2) is 0 Å². The van der Waals surface area contributed by atoms with E-state index in [1.165, 1.54) is 18.1 Å². The van der Waals surface area contributed by atoms with E-state index in [2.05, 4.69) is 0 Å². The number of rotatable bonds is 4. The number of carboxylic acids is 1. The first kappa shape index (κ1) is 16.9. The van der Waals surface area contributed by atoms with Crippen molar-refractivity contribution in [3.63, 3.8) is 0 Å². The summed E-state index contributed by atoms with van der Waals surface area (Å²) in [5.74, 6) is -0.391. The predicted octanol–water partition coefficient (Wildman–Crippen LogP) is 2.02. The van der Waals surface area contributed by atoms with Gasteiger partial charge in [-0.15, -0.1) is 0 Å². The van der Waals surface area contributed by atoms with Crippen LogP contribution in [0.1, 0.15) is 23.2 Å². The first-order chi connectivity index (χ1) is 11.5. The van der Waals surface area contributed by atoms with Crippen LogP contribution in [-0.2, 0) is 9.53 Å². The molecule has 8 heteroatoms. The van der Waals surface area contributed by atoms with Crippen molar-refractivity contribution >= 4 is 23.5 Å². The molecule has 0 spiro atoms. The topological polar surface area (TPSA) is 85.3 Å². The summed E-state index contributed by atoms with van der Waals surface area (Å²) in [6, 6.07) is 3.09. The van der Waals surface area contributed by atoms with Gasteiger partial charge in [0.15, 0.2) is 11.5 Å². The average molecular weight is 356 g/mol. The van der Waals surface area contributed by atoms with E-state index in [-0.39, 0.29) is 25.9 Å². The van der Waals surface area contributed by atoms with Crippen LogP contribution in [0, 0.1) is 5.41 Å². The van der Waals surface area contributed by atoms with Crippen molar-refractivity contribution in [3.05, 3.63) is 22.7 Å². The van der Waals surface area contributed by atoms with E-state index in [1.807, 2.05) is 0 Å². The lowest BCUT2D eigenvalue weighted by molar-refractivity contribution is -0.155. The third kappa shape index (κ3) is 2.89. The standard InChI is InChI=1S/C16H18ClNO6/c1-22-8-16(15(20)21)3-2-4-18(7-16)14(19)10-5-11(17)13-12(6-10)23-9-24-13/h5-6H,2-4,7-9H2,1H3,(H,20,21). The van der Waals surface area contributed by atoms with Gasteiger partial charge in [0, 0.05) is 25.8 Å². The van der Waals surface area contributed by atoms with Crippen LogP contribution in [0.3, 0.4) is 0 Å². The molecule has 130 valence electrons. The molecule has 7 nitrogen and oxygen atoms in total. The second-order valence-corrected chi connectivity index (χ2v) is 6.45. The highest BCUT2D eigenvalue weighted by atomic mass is 35.5. The van der Waals surface area contributed by atoms with Crippen molar-refractivity contribution < 1.29 is 28.9 Å². The normalized spacial score (nSPS) is 22.5. The van der Waals surface area contributed by atoms with E-state index >= 15 is 0 Å². The highest BCUT2D eigenvalue weighted by molar-refractivity contribution is 6.32. The number of hydrogen-bond acceptors (Lipinski definition) is 5. The molecule has 0 bridgehead atoms. The first-order valence-electron chi connectivity index (χ1n) is 7.57. The lowest BCUT2D eigenvalue weighted by Gasteiger charge is -2.39. The molecule has 0 aromatic heterocycles. The summed E-state index contributed by atoms with van der Waals surface area (Å²) in [5, 5.41) is 9.88. The number of benzene rings is 1. The average Bonchev–Trinajstić information content (AvgIpc) is 3.03. The molecule has 2 aliphatic heterocycles. The Morgan fingerprint density at radius 1 is 1.42 bits per heavy atom. The van der Waals surface area contributed by atoms with Gasteiger partial charge in [0.2, 0.25) is 6.79 Å². The second kappa shape index (κ2) is 6.49. The zero-order valence-corrected chi connectivity index (χ0v) is 14.0. The Morgan fingerprint density at radius 2 is 2.21 bits per heavy atom. The fourth-order valence-electron chi connectivity index (χ4n) is 3.21. The summed E-state index contributed by atoms with van der Waals surface area (Å²) >= 11 is 6.12. The number of piperidine rings is 1. The number of likely N-dealkylation sites (tertiary alicyclic amines) is 1. The molecule has 24 heavy (non-hydrogen) atoms. The molecule has 1 aromatic carbocycles. The smallest absolute Gasteiger partial charge is 0.313 e. The molecule has 0 radical (unpaired) electrons. The Kier molecular flexibility index (Phi) is 4.56. The van der Waals surface area contributed by atoms with Crippen molar-refractivity contribution in [2.24, 2.45) is 5.41 Å². The number of carbonyl (C=O) groups is 2. The van der Waals surface area contributed by atoms with E-state index < -0.39 is 11.4 Å². The quantitative estimate of drug-likeness (QED) is 0.889. The van der Waals surface area contributed by atoms with Crippen molar-refractivity contribution in [3.8, 4) is 11.5 Å². The highest BCUT2D eigenvalue weighted by Crippen LogP contribution is 2.40. The molecular formula is C16H18ClNO6. The molecule has 2 aliphatic rings. The van der Waals surface area contributed by atoms with Crippen LogP contribution in [0.2, 0.25) is 5.02 Å². The molecule has 1 fully saturated rings. The van der Waals surface area contributed by atoms with Gasteiger partial charge >= 0.3 is 5.97 Å². The van der Waals surface area contributed by atoms with Crippen molar-refractivity contribution in [2.75, 3.05) is 33.6 Å². The van der Waals surface area contributed by atoms with Gasteiger partial charge in [-0.05, 0) is 25.0 Å². The Labute approximate surface area is 144 Å². The van der Waals surface area contributed by atoms with Gasteiger partial charge in [-0.3, -0.25) is 9.59 Å². The SMILES string of the molecule is COCC1(C(=O)O)CCCN(C(=O)c2cc(Cl)c3c(c2)OCO3)C1. The Balaban J connectivity index is 1.85. The molecule has 1 saturated heterocycles. The molecule has 1 atom stereocenters. The number of carbonyl (C=O) groups excluding carboxylic acids is 1. The Bertz CT molecular complexity index is 675. The van der Waals surface area contributed by atoms with Gasteiger partial charge in [0.1, 0.15) is 5.41 Å². The number of nitrogens with zero attached hydrogens (tertiary/aromatic N) is 1. The number of ether oxygens (including phenoxy) is 3. The number of methoxy groups -OCH3 is 1. The number of hydrogen-bond donors (Lipinski definition) is 1. The van der Waals surface area contributed by atoms with Crippen molar-refractivity contribution in [2.45, 2.75) is 12.8 Å². The van der Waals surface area contributed by atoms with Gasteiger partial charge in [-0.2, -0.15) is 0 Å². The van der Waals surface area contributed by atoms with Crippen LogP contribution in [-0.4, -0.2) is 55.5 Å². The third-order valence-electron chi connectivity index (χ3n) is 4.41. The summed E-state index contributed by atoms with van der Waals surface area (Å²) in [4.78, 5) is 26.0. The van der Waals surface area contributed by atoms with Gasteiger partial charge in [0.05, 0.1) is 11.6 Å². The molecule has 1 N–H and O–H groups in total. The molecule has 1 aromatic rings. The number of aliphatic carboxylic acids is 1. The minimum atomic E-state index is -1.08. The van der Waals surface area contributed by atoms with Crippen LogP contribution in [0.4, 0.5) is 0 Å². The molecular weight excluding hydrogens is 338 g/mol. The zero-order valence-electron chi connectivity index (χ0n) is 13.2. The number of carboxylic acid groups (broad SMARTS) is 1. The molecule has 1 amide bonds. The van der Waals surface area contributed by atoms with Crippen LogP contribution < -0.4 is 9.47 Å². The van der Waals surface area contributed by atoms with Gasteiger partial charge in [-0.1, -0.05) is 11.6 Å². The number of fused-ring (bicyclic) bond motifs is 1. The lowest BCUT2D eigenvalue weighted by atomic mass is 9.80. The first-order valence-corrected chi connectivity index (χ1v) is 7.95. The summed E-state index contributed by atoms with van der Waals surface area (Å²) < 4.78 is 15.6. The summed E-state index contributed by atoms with van der Waals surface area (Å²) in [5.41, 5.74) is -0.731. The van der Waals surface area contributed by atoms with E-state index in [0.29, 0.717) is 41.5 Å². The van der Waals surface area contributed by atoms with E-state index in [1.54, 1.807) is 6.07 Å². The third-order valence-corrected chi connectivity index (χ3v) is 4.69.